The van der Waals surface area contributed by atoms with Gasteiger partial charge >= 0.3 is 6.03 Å². The molecule has 2 heterocycles. The molecule has 2 aliphatic heterocycles. The summed E-state index contributed by atoms with van der Waals surface area (Å²) in [6.07, 6.45) is 0.626. The average molecular weight is 337 g/mol. The van der Waals surface area contributed by atoms with E-state index in [-0.39, 0.29) is 13.1 Å². The molecule has 1 unspecified atom stereocenters. The fraction of sp³-hybridized carbons (Fsp3) is 0.467. The number of fused-ring (bicyclic) bond motifs is 1. The predicted molar refractivity (Wildman–Crippen MR) is 84.1 cm³/mol. The SMILES string of the molecule is CN1CC(S(=O)(=O)N2CCc3ccccc3C2)C(=O)N(C)C1=O. The van der Waals surface area contributed by atoms with Crippen molar-refractivity contribution in [2.45, 2.75) is 18.2 Å². The van der Waals surface area contributed by atoms with Crippen molar-refractivity contribution >= 4 is 22.0 Å². The molecule has 1 fully saturated rings. The van der Waals surface area contributed by atoms with E-state index in [4.69, 9.17) is 0 Å². The van der Waals surface area contributed by atoms with Crippen LogP contribution >= 0.6 is 0 Å². The molecule has 0 aliphatic carbocycles. The molecule has 0 N–H and O–H groups in total. The van der Waals surface area contributed by atoms with Crippen molar-refractivity contribution in [3.05, 3.63) is 35.4 Å². The van der Waals surface area contributed by atoms with Crippen LogP contribution in [-0.4, -0.2) is 66.9 Å². The molecule has 0 saturated carbocycles. The average Bonchev–Trinajstić information content (AvgIpc) is 2.55. The molecule has 124 valence electrons. The quantitative estimate of drug-likeness (QED) is 0.776. The Hall–Kier alpha value is -1.93. The van der Waals surface area contributed by atoms with Gasteiger partial charge in [0.1, 0.15) is 0 Å². The maximum absolute atomic E-state index is 12.9. The first-order chi connectivity index (χ1) is 10.8. The zero-order chi connectivity index (χ0) is 16.8. The van der Waals surface area contributed by atoms with Crippen LogP contribution in [0.25, 0.3) is 0 Å². The number of imide groups is 1. The van der Waals surface area contributed by atoms with Crippen molar-refractivity contribution < 1.29 is 18.0 Å². The van der Waals surface area contributed by atoms with Gasteiger partial charge in [0.15, 0.2) is 5.25 Å². The molecular weight excluding hydrogens is 318 g/mol. The maximum Gasteiger partial charge on any atom is 0.326 e. The summed E-state index contributed by atoms with van der Waals surface area (Å²) in [7, 11) is -1.00. The minimum atomic E-state index is -3.82. The van der Waals surface area contributed by atoms with Crippen LogP contribution in [0.3, 0.4) is 0 Å². The Bertz CT molecular complexity index is 762. The summed E-state index contributed by atoms with van der Waals surface area (Å²) >= 11 is 0. The number of benzene rings is 1. The summed E-state index contributed by atoms with van der Waals surface area (Å²) in [4.78, 5) is 26.2. The number of hydrogen-bond donors (Lipinski definition) is 0. The lowest BCUT2D eigenvalue weighted by Gasteiger charge is -2.37. The van der Waals surface area contributed by atoms with Crippen LogP contribution in [0.5, 0.6) is 0 Å². The summed E-state index contributed by atoms with van der Waals surface area (Å²) in [6, 6.07) is 7.22. The lowest BCUT2D eigenvalue weighted by Crippen LogP contribution is -2.61. The molecule has 1 aromatic carbocycles. The molecule has 0 radical (unpaired) electrons. The number of urea groups is 1. The van der Waals surface area contributed by atoms with Gasteiger partial charge in [-0.2, -0.15) is 4.31 Å². The largest absolute Gasteiger partial charge is 0.326 e. The molecule has 23 heavy (non-hydrogen) atoms. The predicted octanol–water partition coefficient (Wildman–Crippen LogP) is 0.267. The smallest absolute Gasteiger partial charge is 0.325 e. The number of carbonyl (C=O) groups excluding carboxylic acids is 2. The second-order valence-corrected chi connectivity index (χ2v) is 8.06. The monoisotopic (exact) mass is 337 g/mol. The van der Waals surface area contributed by atoms with Gasteiger partial charge in [0, 0.05) is 33.7 Å². The van der Waals surface area contributed by atoms with E-state index in [1.807, 2.05) is 24.3 Å². The Labute approximate surface area is 135 Å². The normalized spacial score (nSPS) is 23.1. The highest BCUT2D eigenvalue weighted by molar-refractivity contribution is 7.90. The molecule has 1 atom stereocenters. The van der Waals surface area contributed by atoms with Gasteiger partial charge in [-0.25, -0.2) is 13.2 Å². The van der Waals surface area contributed by atoms with Crippen molar-refractivity contribution in [2.75, 3.05) is 27.2 Å². The zero-order valence-corrected chi connectivity index (χ0v) is 13.9. The molecule has 1 aromatic rings. The molecule has 3 amide bonds. The fourth-order valence-corrected chi connectivity index (χ4v) is 4.91. The number of amides is 3. The van der Waals surface area contributed by atoms with E-state index in [1.165, 1.54) is 23.3 Å². The Morgan fingerprint density at radius 1 is 1.09 bits per heavy atom. The Kier molecular flexibility index (Phi) is 3.89. The summed E-state index contributed by atoms with van der Waals surface area (Å²) in [5, 5.41) is -1.24. The second kappa shape index (κ2) is 5.61. The van der Waals surface area contributed by atoms with Crippen molar-refractivity contribution in [3.63, 3.8) is 0 Å². The van der Waals surface area contributed by atoms with Gasteiger partial charge in [-0.15, -0.1) is 0 Å². The summed E-state index contributed by atoms with van der Waals surface area (Å²) in [5.41, 5.74) is 2.10. The Morgan fingerprint density at radius 2 is 1.74 bits per heavy atom. The molecule has 0 spiro atoms. The Morgan fingerprint density at radius 3 is 2.43 bits per heavy atom. The first-order valence-corrected chi connectivity index (χ1v) is 8.91. The lowest BCUT2D eigenvalue weighted by atomic mass is 10.0. The van der Waals surface area contributed by atoms with E-state index in [1.54, 1.807) is 0 Å². The fourth-order valence-electron chi connectivity index (χ4n) is 3.06. The van der Waals surface area contributed by atoms with E-state index in [0.717, 1.165) is 16.0 Å². The van der Waals surface area contributed by atoms with E-state index in [9.17, 15) is 18.0 Å². The molecule has 8 heteroatoms. The van der Waals surface area contributed by atoms with Gasteiger partial charge in [0.25, 0.3) is 5.91 Å². The van der Waals surface area contributed by atoms with Gasteiger partial charge in [0.05, 0.1) is 0 Å². The minimum Gasteiger partial charge on any atom is -0.325 e. The number of sulfonamides is 1. The van der Waals surface area contributed by atoms with E-state index in [0.29, 0.717) is 13.0 Å². The van der Waals surface area contributed by atoms with Crippen LogP contribution < -0.4 is 0 Å². The topological polar surface area (TPSA) is 78.0 Å². The van der Waals surface area contributed by atoms with Gasteiger partial charge in [0.2, 0.25) is 10.0 Å². The number of carbonyl (C=O) groups is 2. The third-order valence-electron chi connectivity index (χ3n) is 4.47. The Balaban J connectivity index is 1.88. The standard InChI is InChI=1S/C15H19N3O4S/c1-16-10-13(14(19)17(2)15(16)20)23(21,22)18-8-7-11-5-3-4-6-12(11)9-18/h3-6,13H,7-10H2,1-2H3. The van der Waals surface area contributed by atoms with Gasteiger partial charge < -0.3 is 4.90 Å². The van der Waals surface area contributed by atoms with Gasteiger partial charge in [-0.05, 0) is 17.5 Å². The lowest BCUT2D eigenvalue weighted by molar-refractivity contribution is -0.129. The van der Waals surface area contributed by atoms with Crippen LogP contribution in [0.4, 0.5) is 4.79 Å². The van der Waals surface area contributed by atoms with Crippen LogP contribution in [0.2, 0.25) is 0 Å². The summed E-state index contributed by atoms with van der Waals surface area (Å²) < 4.78 is 27.2. The van der Waals surface area contributed by atoms with E-state index >= 15 is 0 Å². The molecule has 2 aliphatic rings. The summed E-state index contributed by atoms with van der Waals surface area (Å²) in [6.45, 7) is 0.511. The molecule has 0 bridgehead atoms. The zero-order valence-electron chi connectivity index (χ0n) is 13.1. The third-order valence-corrected chi connectivity index (χ3v) is 6.58. The molecule has 1 saturated heterocycles. The number of nitrogens with zero attached hydrogens (tertiary/aromatic N) is 3. The third kappa shape index (κ3) is 2.61. The van der Waals surface area contributed by atoms with Crippen LogP contribution in [0, 0.1) is 0 Å². The van der Waals surface area contributed by atoms with Crippen molar-refractivity contribution in [1.82, 2.24) is 14.1 Å². The highest BCUT2D eigenvalue weighted by Gasteiger charge is 2.46. The van der Waals surface area contributed by atoms with Crippen LogP contribution in [-0.2, 0) is 27.8 Å². The van der Waals surface area contributed by atoms with Crippen LogP contribution in [0.1, 0.15) is 11.1 Å². The molecule has 3 rings (SSSR count). The first kappa shape index (κ1) is 15.9. The van der Waals surface area contributed by atoms with Gasteiger partial charge in [-0.3, -0.25) is 9.69 Å². The van der Waals surface area contributed by atoms with E-state index in [2.05, 4.69) is 0 Å². The first-order valence-electron chi connectivity index (χ1n) is 7.41. The number of rotatable bonds is 2. The van der Waals surface area contributed by atoms with Gasteiger partial charge in [-0.1, -0.05) is 24.3 Å². The second-order valence-electron chi connectivity index (χ2n) is 5.95. The highest BCUT2D eigenvalue weighted by atomic mass is 32.2. The molecule has 7 nitrogen and oxygen atoms in total. The number of hydrogen-bond acceptors (Lipinski definition) is 4. The van der Waals surface area contributed by atoms with Crippen molar-refractivity contribution in [3.8, 4) is 0 Å². The van der Waals surface area contributed by atoms with Crippen molar-refractivity contribution in [2.24, 2.45) is 0 Å². The van der Waals surface area contributed by atoms with Crippen LogP contribution in [0.15, 0.2) is 24.3 Å². The summed E-state index contributed by atoms with van der Waals surface area (Å²) in [5.74, 6) is -0.660. The maximum atomic E-state index is 12.9. The molecule has 0 aromatic heterocycles. The minimum absolute atomic E-state index is 0.109. The van der Waals surface area contributed by atoms with Crippen molar-refractivity contribution in [1.29, 1.82) is 0 Å². The molecular formula is C15H19N3O4S. The highest BCUT2D eigenvalue weighted by Crippen LogP contribution is 2.25. The van der Waals surface area contributed by atoms with E-state index < -0.39 is 27.2 Å².